The number of H-pyrrole nitrogens is 1. The summed E-state index contributed by atoms with van der Waals surface area (Å²) in [5, 5.41) is 2.59. The van der Waals surface area contributed by atoms with Crippen LogP contribution in [0.2, 0.25) is 0 Å². The topological polar surface area (TPSA) is 94.2 Å². The highest BCUT2D eigenvalue weighted by molar-refractivity contribution is 5.74. The molecule has 3 rings (SSSR count). The third-order valence-corrected chi connectivity index (χ3v) is 4.77. The van der Waals surface area contributed by atoms with E-state index >= 15 is 0 Å². The number of urea groups is 1. The Hall–Kier alpha value is -3.32. The van der Waals surface area contributed by atoms with Gasteiger partial charge in [0.05, 0.1) is 5.56 Å². The molecule has 0 aliphatic carbocycles. The average Bonchev–Trinajstić information content (AvgIpc) is 2.73. The number of nitrogens with one attached hydrogen (secondary N) is 2. The molecule has 2 amide bonds. The van der Waals surface area contributed by atoms with E-state index in [2.05, 4.69) is 15.3 Å². The first-order chi connectivity index (χ1) is 14.9. The minimum absolute atomic E-state index is 0.0460. The molecule has 1 aliphatic heterocycles. The SMILES string of the molecule is O=C(NCCc1c[nH]c(=O)c(C(F)(F)F)c1)N1CCN(c2ncc(C(F)(F)F)cn2)CC1. The van der Waals surface area contributed by atoms with Crippen LogP contribution in [0.15, 0.2) is 29.5 Å². The number of alkyl halides is 6. The number of pyridine rings is 1. The second-order valence-corrected chi connectivity index (χ2v) is 6.97. The van der Waals surface area contributed by atoms with Gasteiger partial charge in [-0.2, -0.15) is 26.3 Å². The van der Waals surface area contributed by atoms with Crippen molar-refractivity contribution < 1.29 is 31.1 Å². The van der Waals surface area contributed by atoms with E-state index in [-0.39, 0.29) is 37.6 Å². The Morgan fingerprint density at radius 2 is 1.66 bits per heavy atom. The molecular formula is C18H18F6N6O2. The molecular weight excluding hydrogens is 446 g/mol. The fraction of sp³-hybridized carbons (Fsp3) is 0.444. The summed E-state index contributed by atoms with van der Waals surface area (Å²) in [6, 6.07) is 0.312. The fourth-order valence-corrected chi connectivity index (χ4v) is 3.05. The molecule has 1 aliphatic rings. The maximum absolute atomic E-state index is 12.8. The van der Waals surface area contributed by atoms with E-state index in [9.17, 15) is 35.9 Å². The monoisotopic (exact) mass is 464 g/mol. The third-order valence-electron chi connectivity index (χ3n) is 4.77. The molecule has 2 aromatic rings. The number of anilines is 1. The lowest BCUT2D eigenvalue weighted by Gasteiger charge is -2.34. The molecule has 0 bridgehead atoms. The summed E-state index contributed by atoms with van der Waals surface area (Å²) in [7, 11) is 0. The quantitative estimate of drug-likeness (QED) is 0.678. The normalized spacial score (nSPS) is 15.1. The van der Waals surface area contributed by atoms with Crippen molar-refractivity contribution in [2.45, 2.75) is 18.8 Å². The zero-order valence-corrected chi connectivity index (χ0v) is 16.4. The van der Waals surface area contributed by atoms with E-state index in [0.717, 1.165) is 12.3 Å². The number of hydrogen-bond donors (Lipinski definition) is 2. The number of aromatic amines is 1. The van der Waals surface area contributed by atoms with Crippen LogP contribution in [0.1, 0.15) is 16.7 Å². The van der Waals surface area contributed by atoms with Crippen LogP contribution in [-0.2, 0) is 18.8 Å². The van der Waals surface area contributed by atoms with Crippen LogP contribution in [0.5, 0.6) is 0 Å². The molecule has 3 heterocycles. The maximum Gasteiger partial charge on any atom is 0.421 e. The lowest BCUT2D eigenvalue weighted by molar-refractivity contribution is -0.139. The van der Waals surface area contributed by atoms with Gasteiger partial charge in [0.1, 0.15) is 5.56 Å². The lowest BCUT2D eigenvalue weighted by Crippen LogP contribution is -2.52. The molecule has 2 N–H and O–H groups in total. The Morgan fingerprint density at radius 3 is 2.22 bits per heavy atom. The number of carbonyl (C=O) groups excluding carboxylic acids is 1. The number of nitrogens with zero attached hydrogens (tertiary/aromatic N) is 4. The molecule has 8 nitrogen and oxygen atoms in total. The summed E-state index contributed by atoms with van der Waals surface area (Å²) in [6.45, 7) is 1.16. The predicted octanol–water partition coefficient (Wildman–Crippen LogP) is 2.28. The van der Waals surface area contributed by atoms with E-state index < -0.39 is 35.1 Å². The Kier molecular flexibility index (Phi) is 6.60. The minimum Gasteiger partial charge on any atom is -0.338 e. The minimum atomic E-state index is -4.77. The molecule has 0 atom stereocenters. The Morgan fingerprint density at radius 1 is 1.03 bits per heavy atom. The highest BCUT2D eigenvalue weighted by Crippen LogP contribution is 2.28. The second-order valence-electron chi connectivity index (χ2n) is 6.97. The van der Waals surface area contributed by atoms with Gasteiger partial charge in [0.15, 0.2) is 0 Å². The molecule has 0 saturated carbocycles. The van der Waals surface area contributed by atoms with Crippen molar-refractivity contribution in [2.24, 2.45) is 0 Å². The summed E-state index contributed by atoms with van der Waals surface area (Å²) in [6.07, 6.45) is -6.68. The molecule has 0 aromatic carbocycles. The number of carbonyl (C=O) groups is 1. The standard InChI is InChI=1S/C18H18F6N6O2/c19-17(20,21)12-9-27-15(28-10-12)29-3-5-30(6-4-29)16(32)25-2-1-11-7-13(18(22,23)24)14(31)26-8-11/h7-10H,1-6H2,(H,25,32)(H,26,31). The molecule has 0 radical (unpaired) electrons. The van der Waals surface area contributed by atoms with E-state index in [1.165, 1.54) is 4.90 Å². The van der Waals surface area contributed by atoms with E-state index in [1.807, 2.05) is 4.98 Å². The Balaban J connectivity index is 1.47. The van der Waals surface area contributed by atoms with Gasteiger partial charge in [0.25, 0.3) is 5.56 Å². The molecule has 0 unspecified atom stereocenters. The summed E-state index contributed by atoms with van der Waals surface area (Å²) in [5.74, 6) is 0.122. The number of amides is 2. The largest absolute Gasteiger partial charge is 0.421 e. The maximum atomic E-state index is 12.8. The molecule has 174 valence electrons. The predicted molar refractivity (Wildman–Crippen MR) is 100.0 cm³/mol. The van der Waals surface area contributed by atoms with Crippen molar-refractivity contribution >= 4 is 12.0 Å². The van der Waals surface area contributed by atoms with E-state index in [0.29, 0.717) is 25.5 Å². The van der Waals surface area contributed by atoms with Crippen molar-refractivity contribution in [2.75, 3.05) is 37.6 Å². The molecule has 1 fully saturated rings. The fourth-order valence-electron chi connectivity index (χ4n) is 3.05. The molecule has 1 saturated heterocycles. The first-order valence-electron chi connectivity index (χ1n) is 9.41. The van der Waals surface area contributed by atoms with Crippen LogP contribution in [0.4, 0.5) is 37.1 Å². The summed E-state index contributed by atoms with van der Waals surface area (Å²) >= 11 is 0. The first-order valence-corrected chi connectivity index (χ1v) is 9.41. The molecule has 2 aromatic heterocycles. The molecule has 0 spiro atoms. The van der Waals surface area contributed by atoms with Crippen LogP contribution in [0.25, 0.3) is 0 Å². The van der Waals surface area contributed by atoms with Crippen molar-refractivity contribution in [3.8, 4) is 0 Å². The Labute approximate surface area is 177 Å². The van der Waals surface area contributed by atoms with Gasteiger partial charge >= 0.3 is 18.4 Å². The van der Waals surface area contributed by atoms with Gasteiger partial charge < -0.3 is 20.1 Å². The number of piperazine rings is 1. The zero-order valence-electron chi connectivity index (χ0n) is 16.4. The summed E-state index contributed by atoms with van der Waals surface area (Å²) in [5.41, 5.74) is -3.28. The smallest absolute Gasteiger partial charge is 0.338 e. The number of rotatable bonds is 4. The second kappa shape index (κ2) is 9.04. The van der Waals surface area contributed by atoms with Crippen LogP contribution < -0.4 is 15.8 Å². The van der Waals surface area contributed by atoms with Crippen molar-refractivity contribution in [1.82, 2.24) is 25.2 Å². The van der Waals surface area contributed by atoms with E-state index in [4.69, 9.17) is 0 Å². The van der Waals surface area contributed by atoms with Gasteiger partial charge in [-0.05, 0) is 18.1 Å². The Bertz CT molecular complexity index is 997. The number of halogens is 6. The summed E-state index contributed by atoms with van der Waals surface area (Å²) < 4.78 is 76.1. The third kappa shape index (κ3) is 5.68. The van der Waals surface area contributed by atoms with Gasteiger partial charge in [0, 0.05) is 51.3 Å². The highest BCUT2D eigenvalue weighted by atomic mass is 19.4. The average molecular weight is 464 g/mol. The number of aromatic nitrogens is 3. The van der Waals surface area contributed by atoms with Gasteiger partial charge in [-0.1, -0.05) is 0 Å². The van der Waals surface area contributed by atoms with Gasteiger partial charge in [-0.3, -0.25) is 4.79 Å². The van der Waals surface area contributed by atoms with Gasteiger partial charge in [-0.25, -0.2) is 14.8 Å². The first kappa shape index (κ1) is 23.3. The van der Waals surface area contributed by atoms with Crippen molar-refractivity contribution in [3.05, 3.63) is 51.7 Å². The highest BCUT2D eigenvalue weighted by Gasteiger charge is 2.34. The molecule has 32 heavy (non-hydrogen) atoms. The van der Waals surface area contributed by atoms with Crippen LogP contribution in [0, 0.1) is 0 Å². The van der Waals surface area contributed by atoms with Gasteiger partial charge in [-0.15, -0.1) is 0 Å². The molecule has 14 heteroatoms. The number of hydrogen-bond acceptors (Lipinski definition) is 5. The van der Waals surface area contributed by atoms with Crippen molar-refractivity contribution in [1.29, 1.82) is 0 Å². The summed E-state index contributed by atoms with van der Waals surface area (Å²) in [4.78, 5) is 36.1. The van der Waals surface area contributed by atoms with Crippen LogP contribution in [-0.4, -0.2) is 58.6 Å². The lowest BCUT2D eigenvalue weighted by atomic mass is 10.1. The van der Waals surface area contributed by atoms with Crippen LogP contribution in [0.3, 0.4) is 0 Å². The van der Waals surface area contributed by atoms with Crippen LogP contribution >= 0.6 is 0 Å². The van der Waals surface area contributed by atoms with E-state index in [1.54, 1.807) is 4.90 Å². The van der Waals surface area contributed by atoms with Crippen molar-refractivity contribution in [3.63, 3.8) is 0 Å². The zero-order chi connectivity index (χ0) is 23.5. The van der Waals surface area contributed by atoms with Gasteiger partial charge in [0.2, 0.25) is 5.95 Å².